The van der Waals surface area contributed by atoms with Crippen LogP contribution in [0.4, 0.5) is 11.5 Å². The number of hydrogen-bond acceptors (Lipinski definition) is 4. The van der Waals surface area contributed by atoms with Gasteiger partial charge in [0.25, 0.3) is 5.69 Å². The van der Waals surface area contributed by atoms with Crippen molar-refractivity contribution < 1.29 is 4.92 Å². The van der Waals surface area contributed by atoms with E-state index in [-0.39, 0.29) is 5.69 Å². The maximum atomic E-state index is 10.4. The predicted molar refractivity (Wildman–Crippen MR) is 60.5 cm³/mol. The highest BCUT2D eigenvalue weighted by atomic mass is 79.9. The Balaban J connectivity index is 2.76. The van der Waals surface area contributed by atoms with Crippen molar-refractivity contribution in [3.8, 4) is 12.3 Å². The van der Waals surface area contributed by atoms with Crippen LogP contribution in [0.1, 0.15) is 6.42 Å². The largest absolute Gasteiger partial charge is 0.368 e. The first-order chi connectivity index (χ1) is 7.15. The second-order valence-electron chi connectivity index (χ2n) is 2.66. The Hall–Kier alpha value is -1.61. The van der Waals surface area contributed by atoms with Crippen LogP contribution in [-0.2, 0) is 0 Å². The fraction of sp³-hybridized carbons (Fsp3) is 0.222. The average Bonchev–Trinajstić information content (AvgIpc) is 2.20. The number of hydrogen-bond donors (Lipinski definition) is 1. The fourth-order valence-corrected chi connectivity index (χ4v) is 1.39. The number of pyridine rings is 1. The summed E-state index contributed by atoms with van der Waals surface area (Å²) in [5.74, 6) is 3.02. The van der Waals surface area contributed by atoms with Gasteiger partial charge in [-0.3, -0.25) is 10.1 Å². The SMILES string of the molecule is C#CCCNc1ncc([N+](=O)[O-])cc1Br. The normalized spacial score (nSPS) is 9.33. The first kappa shape index (κ1) is 11.5. The van der Waals surface area contributed by atoms with Crippen molar-refractivity contribution in [1.82, 2.24) is 4.98 Å². The third-order valence-electron chi connectivity index (χ3n) is 1.60. The van der Waals surface area contributed by atoms with Crippen LogP contribution in [0.2, 0.25) is 0 Å². The number of nitro groups is 1. The van der Waals surface area contributed by atoms with Gasteiger partial charge < -0.3 is 5.32 Å². The Labute approximate surface area is 95.2 Å². The Kier molecular flexibility index (Phi) is 4.06. The molecule has 0 fully saturated rings. The summed E-state index contributed by atoms with van der Waals surface area (Å²) in [6.07, 6.45) is 6.86. The molecule has 78 valence electrons. The highest BCUT2D eigenvalue weighted by molar-refractivity contribution is 9.10. The number of nitrogens with one attached hydrogen (secondary N) is 1. The molecule has 1 rings (SSSR count). The van der Waals surface area contributed by atoms with Gasteiger partial charge in [-0.2, -0.15) is 0 Å². The van der Waals surface area contributed by atoms with Crippen molar-refractivity contribution in [2.24, 2.45) is 0 Å². The zero-order valence-electron chi connectivity index (χ0n) is 7.74. The van der Waals surface area contributed by atoms with Gasteiger partial charge in [0.2, 0.25) is 0 Å². The molecule has 0 unspecified atom stereocenters. The minimum Gasteiger partial charge on any atom is -0.368 e. The van der Waals surface area contributed by atoms with E-state index in [0.29, 0.717) is 23.3 Å². The molecule has 1 heterocycles. The molecule has 0 amide bonds. The highest BCUT2D eigenvalue weighted by Crippen LogP contribution is 2.24. The molecular formula is C9H8BrN3O2. The van der Waals surface area contributed by atoms with Crippen molar-refractivity contribution in [3.05, 3.63) is 26.9 Å². The number of nitrogens with zero attached hydrogens (tertiary/aromatic N) is 2. The van der Waals surface area contributed by atoms with E-state index in [1.165, 1.54) is 12.3 Å². The monoisotopic (exact) mass is 269 g/mol. The quantitative estimate of drug-likeness (QED) is 0.394. The lowest BCUT2D eigenvalue weighted by atomic mass is 10.4. The first-order valence-corrected chi connectivity index (χ1v) is 4.91. The Bertz CT molecular complexity index is 414. The average molecular weight is 270 g/mol. The predicted octanol–water partition coefficient (Wildman–Crippen LogP) is 2.19. The molecule has 0 aliphatic heterocycles. The van der Waals surface area contributed by atoms with Crippen molar-refractivity contribution in [1.29, 1.82) is 0 Å². The molecule has 1 N–H and O–H groups in total. The Morgan fingerprint density at radius 2 is 2.47 bits per heavy atom. The van der Waals surface area contributed by atoms with Gasteiger partial charge in [0.05, 0.1) is 9.40 Å². The van der Waals surface area contributed by atoms with E-state index in [9.17, 15) is 10.1 Å². The van der Waals surface area contributed by atoms with Crippen LogP contribution in [-0.4, -0.2) is 16.5 Å². The molecule has 0 spiro atoms. The standard InChI is InChI=1S/C9H8BrN3O2/c1-2-3-4-11-9-8(10)5-7(6-12-9)13(14)15/h1,5-6H,3-4H2,(H,11,12). The molecule has 0 aliphatic carbocycles. The molecule has 0 aliphatic rings. The molecule has 0 radical (unpaired) electrons. The van der Waals surface area contributed by atoms with Gasteiger partial charge in [-0.05, 0) is 15.9 Å². The van der Waals surface area contributed by atoms with Crippen LogP contribution in [0.3, 0.4) is 0 Å². The maximum Gasteiger partial charge on any atom is 0.288 e. The van der Waals surface area contributed by atoms with Gasteiger partial charge in [-0.15, -0.1) is 12.3 Å². The zero-order valence-corrected chi connectivity index (χ0v) is 9.32. The second-order valence-corrected chi connectivity index (χ2v) is 3.52. The molecule has 5 nitrogen and oxygen atoms in total. The van der Waals surface area contributed by atoms with Gasteiger partial charge >= 0.3 is 0 Å². The molecule has 0 atom stereocenters. The minimum absolute atomic E-state index is 0.0515. The van der Waals surface area contributed by atoms with Crippen LogP contribution in [0, 0.1) is 22.5 Å². The zero-order chi connectivity index (χ0) is 11.3. The smallest absolute Gasteiger partial charge is 0.288 e. The molecule has 6 heteroatoms. The molecule has 1 aromatic rings. The lowest BCUT2D eigenvalue weighted by Crippen LogP contribution is -2.03. The van der Waals surface area contributed by atoms with Crippen molar-refractivity contribution in [2.45, 2.75) is 6.42 Å². The summed E-state index contributed by atoms with van der Waals surface area (Å²) in [6.45, 7) is 0.583. The van der Waals surface area contributed by atoms with Gasteiger partial charge in [0.1, 0.15) is 12.0 Å². The number of terminal acetylenes is 1. The van der Waals surface area contributed by atoms with Gasteiger partial charge in [0, 0.05) is 19.0 Å². The minimum atomic E-state index is -0.497. The lowest BCUT2D eigenvalue weighted by molar-refractivity contribution is -0.385. The third-order valence-corrected chi connectivity index (χ3v) is 2.20. The molecule has 0 saturated heterocycles. The van der Waals surface area contributed by atoms with E-state index in [4.69, 9.17) is 6.42 Å². The highest BCUT2D eigenvalue weighted by Gasteiger charge is 2.09. The number of anilines is 1. The van der Waals surface area contributed by atoms with E-state index >= 15 is 0 Å². The summed E-state index contributed by atoms with van der Waals surface area (Å²) >= 11 is 3.19. The maximum absolute atomic E-state index is 10.4. The van der Waals surface area contributed by atoms with Gasteiger partial charge in [-0.25, -0.2) is 4.98 Å². The summed E-state index contributed by atoms with van der Waals surface area (Å²) in [5.41, 5.74) is -0.0515. The topological polar surface area (TPSA) is 68.1 Å². The van der Waals surface area contributed by atoms with Gasteiger partial charge in [0.15, 0.2) is 0 Å². The first-order valence-electron chi connectivity index (χ1n) is 4.12. The van der Waals surface area contributed by atoms with Crippen LogP contribution in [0.15, 0.2) is 16.7 Å². The molecule has 0 saturated carbocycles. The Morgan fingerprint density at radius 1 is 1.73 bits per heavy atom. The number of halogens is 1. The van der Waals surface area contributed by atoms with E-state index in [2.05, 4.69) is 32.2 Å². The van der Waals surface area contributed by atoms with E-state index in [0.717, 1.165) is 0 Å². The second kappa shape index (κ2) is 5.32. The number of aromatic nitrogens is 1. The van der Waals surface area contributed by atoms with Crippen molar-refractivity contribution in [3.63, 3.8) is 0 Å². The molecular weight excluding hydrogens is 262 g/mol. The molecule has 1 aromatic heterocycles. The fourth-order valence-electron chi connectivity index (χ4n) is 0.911. The van der Waals surface area contributed by atoms with Crippen LogP contribution in [0.5, 0.6) is 0 Å². The summed E-state index contributed by atoms with van der Waals surface area (Å²) in [6, 6.07) is 1.39. The van der Waals surface area contributed by atoms with Crippen LogP contribution >= 0.6 is 15.9 Å². The van der Waals surface area contributed by atoms with Crippen LogP contribution < -0.4 is 5.32 Å². The summed E-state index contributed by atoms with van der Waals surface area (Å²) < 4.78 is 0.550. The van der Waals surface area contributed by atoms with E-state index < -0.39 is 4.92 Å². The van der Waals surface area contributed by atoms with E-state index in [1.54, 1.807) is 0 Å². The van der Waals surface area contributed by atoms with Crippen molar-refractivity contribution in [2.75, 3.05) is 11.9 Å². The van der Waals surface area contributed by atoms with E-state index in [1.807, 2.05) is 0 Å². The molecule has 0 bridgehead atoms. The van der Waals surface area contributed by atoms with Crippen LogP contribution in [0.25, 0.3) is 0 Å². The number of rotatable bonds is 4. The molecule has 15 heavy (non-hydrogen) atoms. The summed E-state index contributed by atoms with van der Waals surface area (Å²) in [5, 5.41) is 13.4. The summed E-state index contributed by atoms with van der Waals surface area (Å²) in [7, 11) is 0. The third kappa shape index (κ3) is 3.22. The molecule has 0 aromatic carbocycles. The lowest BCUT2D eigenvalue weighted by Gasteiger charge is -2.04. The van der Waals surface area contributed by atoms with Crippen molar-refractivity contribution >= 4 is 27.4 Å². The van der Waals surface area contributed by atoms with Gasteiger partial charge in [-0.1, -0.05) is 0 Å². The summed E-state index contributed by atoms with van der Waals surface area (Å²) in [4.78, 5) is 13.8. The Morgan fingerprint density at radius 3 is 3.00 bits per heavy atom.